The minimum Gasteiger partial charge on any atom is -0.497 e. The molecule has 1 amide bonds. The molecule has 1 saturated heterocycles. The smallest absolute Gasteiger partial charge is 0.254 e. The Balaban J connectivity index is 1.41. The van der Waals surface area contributed by atoms with E-state index in [0.717, 1.165) is 35.1 Å². The predicted octanol–water partition coefficient (Wildman–Crippen LogP) is 4.56. The first kappa shape index (κ1) is 25.3. The van der Waals surface area contributed by atoms with Crippen molar-refractivity contribution in [2.75, 3.05) is 39.8 Å². The van der Waals surface area contributed by atoms with Crippen LogP contribution in [0.4, 0.5) is 8.78 Å². The number of hydrogen-bond acceptors (Lipinski definition) is 5. The topological polar surface area (TPSA) is 65.8 Å². The number of nitriles is 1. The molecule has 1 aliphatic rings. The van der Waals surface area contributed by atoms with Crippen molar-refractivity contribution in [1.29, 1.82) is 5.26 Å². The standard InChI is InChI=1S/C28H27F2N3O3/c1-35-26-4-2-3-22(15-26)27(36-19-21-7-5-20(17-31)6-8-21)18-32-9-11-33(12-10-32)28(34)23-13-24(29)16-25(30)14-23/h2-8,13-16,27H,9-12,18-19H2,1H3/t27-/m0/s1. The molecule has 8 heteroatoms. The summed E-state index contributed by atoms with van der Waals surface area (Å²) in [7, 11) is 1.62. The summed E-state index contributed by atoms with van der Waals surface area (Å²) in [5.74, 6) is -1.18. The fourth-order valence-corrected chi connectivity index (χ4v) is 4.20. The van der Waals surface area contributed by atoms with Gasteiger partial charge in [0.25, 0.3) is 5.91 Å². The summed E-state index contributed by atoms with van der Waals surface area (Å²) in [5, 5.41) is 9.01. The summed E-state index contributed by atoms with van der Waals surface area (Å²) in [4.78, 5) is 16.6. The summed E-state index contributed by atoms with van der Waals surface area (Å²) in [6, 6.07) is 20.0. The lowest BCUT2D eigenvalue weighted by Crippen LogP contribution is -2.49. The Hall–Kier alpha value is -3.80. The third-order valence-corrected chi connectivity index (χ3v) is 6.19. The zero-order valence-electron chi connectivity index (χ0n) is 20.0. The largest absolute Gasteiger partial charge is 0.497 e. The molecule has 36 heavy (non-hydrogen) atoms. The van der Waals surface area contributed by atoms with Crippen LogP contribution in [0, 0.1) is 23.0 Å². The molecule has 0 bridgehead atoms. The second-order valence-electron chi connectivity index (χ2n) is 8.64. The quantitative estimate of drug-likeness (QED) is 0.462. The average Bonchev–Trinajstić information content (AvgIpc) is 2.90. The van der Waals surface area contributed by atoms with Gasteiger partial charge in [-0.2, -0.15) is 5.26 Å². The SMILES string of the molecule is COc1cccc([C@H](CN2CCN(C(=O)c3cc(F)cc(F)c3)CC2)OCc2ccc(C#N)cc2)c1. The number of rotatable bonds is 8. The first-order valence-electron chi connectivity index (χ1n) is 11.7. The molecule has 0 saturated carbocycles. The van der Waals surface area contributed by atoms with Gasteiger partial charge in [0.05, 0.1) is 31.5 Å². The first-order valence-corrected chi connectivity index (χ1v) is 11.7. The highest BCUT2D eigenvalue weighted by Crippen LogP contribution is 2.25. The minimum absolute atomic E-state index is 0.0148. The number of piperazine rings is 1. The van der Waals surface area contributed by atoms with Gasteiger partial charge in [0.15, 0.2) is 0 Å². The highest BCUT2D eigenvalue weighted by atomic mass is 19.1. The Labute approximate surface area is 209 Å². The third kappa shape index (κ3) is 6.45. The lowest BCUT2D eigenvalue weighted by Gasteiger charge is -2.36. The average molecular weight is 492 g/mol. The number of hydrogen-bond donors (Lipinski definition) is 0. The van der Waals surface area contributed by atoms with Crippen molar-refractivity contribution in [3.63, 3.8) is 0 Å². The van der Waals surface area contributed by atoms with Crippen molar-refractivity contribution >= 4 is 5.91 Å². The molecule has 3 aromatic rings. The number of carbonyl (C=O) groups excluding carboxylic acids is 1. The Morgan fingerprint density at radius 2 is 1.69 bits per heavy atom. The van der Waals surface area contributed by atoms with Crippen LogP contribution in [-0.2, 0) is 11.3 Å². The molecule has 3 aromatic carbocycles. The summed E-state index contributed by atoms with van der Waals surface area (Å²) in [6.07, 6.45) is -0.254. The molecule has 0 aromatic heterocycles. The number of amides is 1. The fraction of sp³-hybridized carbons (Fsp3) is 0.286. The van der Waals surface area contributed by atoms with E-state index >= 15 is 0 Å². The van der Waals surface area contributed by atoms with Crippen LogP contribution in [0.1, 0.15) is 33.2 Å². The van der Waals surface area contributed by atoms with E-state index in [2.05, 4.69) is 11.0 Å². The van der Waals surface area contributed by atoms with Gasteiger partial charge in [-0.3, -0.25) is 9.69 Å². The van der Waals surface area contributed by atoms with E-state index in [1.54, 1.807) is 24.1 Å². The number of nitrogens with zero attached hydrogens (tertiary/aromatic N) is 3. The van der Waals surface area contributed by atoms with Crippen LogP contribution in [0.25, 0.3) is 0 Å². The third-order valence-electron chi connectivity index (χ3n) is 6.19. The van der Waals surface area contributed by atoms with E-state index in [1.807, 2.05) is 36.4 Å². The summed E-state index contributed by atoms with van der Waals surface area (Å²) >= 11 is 0. The number of halogens is 2. The molecule has 1 heterocycles. The number of methoxy groups -OCH3 is 1. The Morgan fingerprint density at radius 1 is 1.00 bits per heavy atom. The van der Waals surface area contributed by atoms with Crippen molar-refractivity contribution in [3.05, 3.63) is 101 Å². The second kappa shape index (κ2) is 11.8. The van der Waals surface area contributed by atoms with Gasteiger partial charge >= 0.3 is 0 Å². The van der Waals surface area contributed by atoms with Crippen LogP contribution >= 0.6 is 0 Å². The van der Waals surface area contributed by atoms with E-state index in [0.29, 0.717) is 44.9 Å². The molecule has 0 aliphatic carbocycles. The highest BCUT2D eigenvalue weighted by molar-refractivity contribution is 5.94. The minimum atomic E-state index is -0.766. The summed E-state index contributed by atoms with van der Waals surface area (Å²) < 4.78 is 38.8. The van der Waals surface area contributed by atoms with Crippen molar-refractivity contribution in [2.24, 2.45) is 0 Å². The molecule has 1 atom stereocenters. The highest BCUT2D eigenvalue weighted by Gasteiger charge is 2.25. The van der Waals surface area contributed by atoms with E-state index in [1.165, 1.54) is 0 Å². The first-order chi connectivity index (χ1) is 17.4. The Morgan fingerprint density at radius 3 is 2.33 bits per heavy atom. The van der Waals surface area contributed by atoms with Crippen LogP contribution in [0.15, 0.2) is 66.7 Å². The molecular formula is C28H27F2N3O3. The van der Waals surface area contributed by atoms with E-state index in [9.17, 15) is 13.6 Å². The van der Waals surface area contributed by atoms with Crippen LogP contribution in [-0.4, -0.2) is 55.5 Å². The van der Waals surface area contributed by atoms with Gasteiger partial charge in [0, 0.05) is 44.4 Å². The lowest BCUT2D eigenvalue weighted by molar-refractivity contribution is 0.00332. The maximum atomic E-state index is 13.6. The van der Waals surface area contributed by atoms with E-state index in [-0.39, 0.29) is 17.6 Å². The fourth-order valence-electron chi connectivity index (χ4n) is 4.20. The zero-order valence-corrected chi connectivity index (χ0v) is 20.0. The summed E-state index contributed by atoms with van der Waals surface area (Å²) in [5.41, 5.74) is 2.54. The number of carbonyl (C=O) groups is 1. The Kier molecular flexibility index (Phi) is 8.26. The van der Waals surface area contributed by atoms with Crippen LogP contribution < -0.4 is 4.74 Å². The van der Waals surface area contributed by atoms with E-state index in [4.69, 9.17) is 14.7 Å². The molecule has 6 nitrogen and oxygen atoms in total. The second-order valence-corrected chi connectivity index (χ2v) is 8.64. The van der Waals surface area contributed by atoms with Gasteiger partial charge in [-0.1, -0.05) is 24.3 Å². The maximum absolute atomic E-state index is 13.6. The van der Waals surface area contributed by atoms with Crippen molar-refractivity contribution in [3.8, 4) is 11.8 Å². The Bertz CT molecular complexity index is 1220. The van der Waals surface area contributed by atoms with Crippen molar-refractivity contribution < 1.29 is 23.0 Å². The molecular weight excluding hydrogens is 464 g/mol. The van der Waals surface area contributed by atoms with Gasteiger partial charge in [-0.15, -0.1) is 0 Å². The molecule has 0 spiro atoms. The number of ether oxygens (including phenoxy) is 2. The molecule has 4 rings (SSSR count). The monoisotopic (exact) mass is 491 g/mol. The van der Waals surface area contributed by atoms with Crippen LogP contribution in [0.5, 0.6) is 5.75 Å². The molecule has 0 radical (unpaired) electrons. The van der Waals surface area contributed by atoms with Crippen LogP contribution in [0.2, 0.25) is 0 Å². The maximum Gasteiger partial charge on any atom is 0.254 e. The normalized spacial score (nSPS) is 14.8. The lowest BCUT2D eigenvalue weighted by atomic mass is 10.1. The predicted molar refractivity (Wildman–Crippen MR) is 130 cm³/mol. The molecule has 1 fully saturated rings. The molecule has 1 aliphatic heterocycles. The van der Waals surface area contributed by atoms with Gasteiger partial charge in [-0.25, -0.2) is 8.78 Å². The molecule has 186 valence electrons. The zero-order chi connectivity index (χ0) is 25.5. The van der Waals surface area contributed by atoms with Gasteiger partial charge < -0.3 is 14.4 Å². The van der Waals surface area contributed by atoms with E-state index < -0.39 is 11.6 Å². The van der Waals surface area contributed by atoms with Crippen molar-refractivity contribution in [1.82, 2.24) is 9.80 Å². The van der Waals surface area contributed by atoms with Crippen LogP contribution in [0.3, 0.4) is 0 Å². The number of benzene rings is 3. The molecule has 0 unspecified atom stereocenters. The van der Waals surface area contributed by atoms with Gasteiger partial charge in [0.1, 0.15) is 17.4 Å². The summed E-state index contributed by atoms with van der Waals surface area (Å²) in [6.45, 7) is 3.06. The molecule has 0 N–H and O–H groups in total. The van der Waals surface area contributed by atoms with Crippen molar-refractivity contribution in [2.45, 2.75) is 12.7 Å². The van der Waals surface area contributed by atoms with Gasteiger partial charge in [-0.05, 0) is 47.5 Å². The van der Waals surface area contributed by atoms with Gasteiger partial charge in [0.2, 0.25) is 0 Å².